The number of rotatable bonds is 3. The summed E-state index contributed by atoms with van der Waals surface area (Å²) in [6.45, 7) is 6.21. The molecule has 6 heteroatoms. The van der Waals surface area contributed by atoms with Crippen molar-refractivity contribution in [3.63, 3.8) is 0 Å². The molecule has 0 unspecified atom stereocenters. The number of carbonyl (C=O) groups is 1. The minimum atomic E-state index is -0.449. The van der Waals surface area contributed by atoms with Crippen LogP contribution in [-0.2, 0) is 11.2 Å². The molecule has 2 N–H and O–H groups in total. The minimum Gasteiger partial charge on any atom is -0.384 e. The van der Waals surface area contributed by atoms with Crippen LogP contribution >= 0.6 is 11.3 Å². The SMILES string of the molecule is CCc1ccc([C@H]2C(C#N)=C(N)N(c3ccc(F)cc3)C3=C2C(=O)CC(C)(C)C3)s1. The maximum atomic E-state index is 13.6. The van der Waals surface area contributed by atoms with E-state index in [2.05, 4.69) is 32.9 Å². The average molecular weight is 422 g/mol. The Morgan fingerprint density at radius 2 is 1.93 bits per heavy atom. The van der Waals surface area contributed by atoms with Crippen molar-refractivity contribution in [1.29, 1.82) is 5.26 Å². The first-order valence-electron chi connectivity index (χ1n) is 10.1. The van der Waals surface area contributed by atoms with Crippen molar-refractivity contribution < 1.29 is 9.18 Å². The standard InChI is InChI=1S/C24H24FN3OS/c1-4-16-9-10-20(30-16)21-17(13-26)23(27)28(15-7-5-14(25)6-8-15)18-11-24(2,3)12-19(29)22(18)21/h5-10,21H,4,11-12,27H2,1-3H3/t21-/m1/s1. The fraction of sp³-hybridized carbons (Fsp3) is 0.333. The van der Waals surface area contributed by atoms with Gasteiger partial charge >= 0.3 is 0 Å². The van der Waals surface area contributed by atoms with Crippen LogP contribution in [0.5, 0.6) is 0 Å². The lowest BCUT2D eigenvalue weighted by atomic mass is 9.69. The summed E-state index contributed by atoms with van der Waals surface area (Å²) in [5, 5.41) is 10.0. The highest BCUT2D eigenvalue weighted by atomic mass is 32.1. The van der Waals surface area contributed by atoms with Gasteiger partial charge in [-0.05, 0) is 54.7 Å². The number of nitriles is 1. The van der Waals surface area contributed by atoms with Crippen LogP contribution < -0.4 is 10.6 Å². The first kappa shape index (κ1) is 20.4. The molecule has 2 aromatic rings. The maximum Gasteiger partial charge on any atom is 0.162 e. The zero-order valence-electron chi connectivity index (χ0n) is 17.3. The Balaban J connectivity index is 1.97. The summed E-state index contributed by atoms with van der Waals surface area (Å²) in [4.78, 5) is 17.3. The monoisotopic (exact) mass is 421 g/mol. The highest BCUT2D eigenvalue weighted by molar-refractivity contribution is 7.12. The molecule has 1 aliphatic carbocycles. The summed E-state index contributed by atoms with van der Waals surface area (Å²) >= 11 is 1.62. The lowest BCUT2D eigenvalue weighted by Crippen LogP contribution is -2.42. The number of benzene rings is 1. The Kier molecular flexibility index (Phi) is 5.03. The number of hydrogen-bond acceptors (Lipinski definition) is 5. The minimum absolute atomic E-state index is 0.0464. The van der Waals surface area contributed by atoms with Crippen molar-refractivity contribution in [3.05, 3.63) is 74.6 Å². The molecule has 0 fully saturated rings. The number of Topliss-reactive ketones (excluding diaryl/α,β-unsaturated/α-hetero) is 1. The Morgan fingerprint density at radius 1 is 1.23 bits per heavy atom. The van der Waals surface area contributed by atoms with Crippen molar-refractivity contribution in [2.24, 2.45) is 11.1 Å². The van der Waals surface area contributed by atoms with Gasteiger partial charge in [-0.15, -0.1) is 11.3 Å². The molecule has 4 rings (SSSR count). The molecule has 154 valence electrons. The Morgan fingerprint density at radius 3 is 2.53 bits per heavy atom. The molecule has 0 saturated heterocycles. The van der Waals surface area contributed by atoms with Crippen LogP contribution in [0.2, 0.25) is 0 Å². The van der Waals surface area contributed by atoms with Gasteiger partial charge in [0, 0.05) is 33.1 Å². The number of nitrogens with zero attached hydrogens (tertiary/aromatic N) is 2. The van der Waals surface area contributed by atoms with E-state index in [0.29, 0.717) is 35.5 Å². The lowest BCUT2D eigenvalue weighted by molar-refractivity contribution is -0.118. The Hall–Kier alpha value is -2.91. The second kappa shape index (κ2) is 7.41. The van der Waals surface area contributed by atoms with E-state index in [9.17, 15) is 14.4 Å². The number of aryl methyl sites for hydroxylation is 1. The van der Waals surface area contributed by atoms with Gasteiger partial charge in [-0.2, -0.15) is 5.26 Å². The van der Waals surface area contributed by atoms with Crippen LogP contribution in [0.4, 0.5) is 10.1 Å². The summed E-state index contributed by atoms with van der Waals surface area (Å²) in [5.74, 6) is -0.443. The van der Waals surface area contributed by atoms with Gasteiger partial charge in [0.05, 0.1) is 17.6 Å². The molecule has 0 amide bonds. The molecule has 30 heavy (non-hydrogen) atoms. The molecule has 4 nitrogen and oxygen atoms in total. The zero-order chi connectivity index (χ0) is 21.6. The number of thiophene rings is 1. The number of halogens is 1. The van der Waals surface area contributed by atoms with E-state index in [-0.39, 0.29) is 17.0 Å². The van der Waals surface area contributed by atoms with Crippen molar-refractivity contribution in [2.45, 2.75) is 46.0 Å². The summed E-state index contributed by atoms with van der Waals surface area (Å²) in [6.07, 6.45) is 1.96. The number of anilines is 1. The van der Waals surface area contributed by atoms with Crippen LogP contribution in [0, 0.1) is 22.6 Å². The molecule has 2 aliphatic rings. The van der Waals surface area contributed by atoms with Gasteiger partial charge in [-0.1, -0.05) is 20.8 Å². The molecule has 0 bridgehead atoms. The Bertz CT molecular complexity index is 1120. The zero-order valence-corrected chi connectivity index (χ0v) is 18.1. The van der Waals surface area contributed by atoms with Crippen LogP contribution in [0.3, 0.4) is 0 Å². The van der Waals surface area contributed by atoms with E-state index < -0.39 is 5.92 Å². The van der Waals surface area contributed by atoms with Crippen molar-refractivity contribution in [2.75, 3.05) is 4.90 Å². The number of carbonyl (C=O) groups excluding carboxylic acids is 1. The van der Waals surface area contributed by atoms with Gasteiger partial charge in [0.25, 0.3) is 0 Å². The molecule has 0 radical (unpaired) electrons. The van der Waals surface area contributed by atoms with Gasteiger partial charge in [0.2, 0.25) is 0 Å². The van der Waals surface area contributed by atoms with E-state index in [4.69, 9.17) is 5.73 Å². The normalized spacial score (nSPS) is 21.0. The predicted molar refractivity (Wildman–Crippen MR) is 117 cm³/mol. The van der Waals surface area contributed by atoms with Crippen LogP contribution in [0.1, 0.15) is 49.3 Å². The van der Waals surface area contributed by atoms with Gasteiger partial charge in [-0.25, -0.2) is 4.39 Å². The second-order valence-electron chi connectivity index (χ2n) is 8.61. The lowest BCUT2D eigenvalue weighted by Gasteiger charge is -2.43. The third kappa shape index (κ3) is 3.33. The van der Waals surface area contributed by atoms with Gasteiger partial charge < -0.3 is 5.73 Å². The predicted octanol–water partition coefficient (Wildman–Crippen LogP) is 5.39. The molecule has 0 saturated carbocycles. The fourth-order valence-corrected chi connectivity index (χ4v) is 5.49. The topological polar surface area (TPSA) is 70.1 Å². The van der Waals surface area contributed by atoms with Crippen LogP contribution in [0.15, 0.2) is 59.1 Å². The molecular weight excluding hydrogens is 397 g/mol. The summed E-state index contributed by atoms with van der Waals surface area (Å²) in [7, 11) is 0. The van der Waals surface area contributed by atoms with E-state index in [1.54, 1.807) is 28.4 Å². The maximum absolute atomic E-state index is 13.6. The van der Waals surface area contributed by atoms with E-state index in [1.165, 1.54) is 17.0 Å². The molecule has 0 spiro atoms. The van der Waals surface area contributed by atoms with E-state index in [1.807, 2.05) is 6.07 Å². The number of allylic oxidation sites excluding steroid dienone is 3. The van der Waals surface area contributed by atoms with E-state index >= 15 is 0 Å². The Labute approximate surface area is 180 Å². The molecular formula is C24H24FN3OS. The second-order valence-corrected chi connectivity index (χ2v) is 9.81. The van der Waals surface area contributed by atoms with Gasteiger partial charge in [-0.3, -0.25) is 9.69 Å². The molecule has 2 heterocycles. The third-order valence-corrected chi connectivity index (χ3v) is 7.08. The largest absolute Gasteiger partial charge is 0.384 e. The van der Waals surface area contributed by atoms with Crippen molar-refractivity contribution >= 4 is 22.8 Å². The number of hydrogen-bond donors (Lipinski definition) is 1. The van der Waals surface area contributed by atoms with Gasteiger partial charge in [0.1, 0.15) is 11.6 Å². The summed E-state index contributed by atoms with van der Waals surface area (Å²) in [5.41, 5.74) is 8.82. The highest BCUT2D eigenvalue weighted by Crippen LogP contribution is 2.51. The highest BCUT2D eigenvalue weighted by Gasteiger charge is 2.45. The molecule has 1 aromatic carbocycles. The molecule has 1 aromatic heterocycles. The first-order chi connectivity index (χ1) is 14.3. The van der Waals surface area contributed by atoms with Gasteiger partial charge in [0.15, 0.2) is 5.78 Å². The number of ketones is 1. The van der Waals surface area contributed by atoms with Crippen molar-refractivity contribution in [1.82, 2.24) is 0 Å². The smallest absolute Gasteiger partial charge is 0.162 e. The van der Waals surface area contributed by atoms with Crippen LogP contribution in [0.25, 0.3) is 0 Å². The first-order valence-corrected chi connectivity index (χ1v) is 10.9. The van der Waals surface area contributed by atoms with E-state index in [0.717, 1.165) is 17.0 Å². The number of nitrogens with two attached hydrogens (primary N) is 1. The summed E-state index contributed by atoms with van der Waals surface area (Å²) in [6, 6.07) is 12.3. The van der Waals surface area contributed by atoms with Crippen LogP contribution in [-0.4, -0.2) is 5.78 Å². The quantitative estimate of drug-likeness (QED) is 0.721. The average Bonchev–Trinajstić information content (AvgIpc) is 3.16. The molecule has 1 aliphatic heterocycles. The molecule has 1 atom stereocenters. The fourth-order valence-electron chi connectivity index (χ4n) is 4.42. The summed E-state index contributed by atoms with van der Waals surface area (Å²) < 4.78 is 13.6. The third-order valence-electron chi connectivity index (χ3n) is 5.78. The van der Waals surface area contributed by atoms with Crippen molar-refractivity contribution in [3.8, 4) is 6.07 Å².